The van der Waals surface area contributed by atoms with E-state index in [-0.39, 0.29) is 18.5 Å². The summed E-state index contributed by atoms with van der Waals surface area (Å²) in [4.78, 5) is 22.2. The van der Waals surface area contributed by atoms with Crippen LogP contribution in [0.1, 0.15) is 30.4 Å². The second kappa shape index (κ2) is 9.45. The van der Waals surface area contributed by atoms with Gasteiger partial charge in [0.25, 0.3) is 0 Å². The van der Waals surface area contributed by atoms with Gasteiger partial charge in [-0.3, -0.25) is 9.59 Å². The van der Waals surface area contributed by atoms with Crippen molar-refractivity contribution in [3.63, 3.8) is 0 Å². The minimum Gasteiger partial charge on any atom is -0.492 e. The fraction of sp³-hybridized carbons (Fsp3) is 0.462. The highest BCUT2D eigenvalue weighted by Gasteiger charge is 2.52. The Labute approximate surface area is 221 Å². The summed E-state index contributed by atoms with van der Waals surface area (Å²) in [6.07, 6.45) is -8.52. The number of hydrogen-bond donors (Lipinski definition) is 4. The van der Waals surface area contributed by atoms with Crippen LogP contribution in [0.4, 0.5) is 0 Å². The van der Waals surface area contributed by atoms with Crippen LogP contribution in [0.3, 0.4) is 0 Å². The van der Waals surface area contributed by atoms with E-state index in [1.165, 1.54) is 0 Å². The fourth-order valence-electron chi connectivity index (χ4n) is 5.30. The molecule has 1 fully saturated rings. The summed E-state index contributed by atoms with van der Waals surface area (Å²) < 4.78 is 39.6. The van der Waals surface area contributed by atoms with Crippen LogP contribution in [0.5, 0.6) is 28.7 Å². The molecule has 0 spiro atoms. The molecule has 208 valence electrons. The highest BCUT2D eigenvalue weighted by atomic mass is 16.7. The first-order chi connectivity index (χ1) is 18.6. The maximum Gasteiger partial charge on any atom is 0.317 e. The summed E-state index contributed by atoms with van der Waals surface area (Å²) in [6, 6.07) is 8.73. The van der Waals surface area contributed by atoms with Gasteiger partial charge in [-0.1, -0.05) is 0 Å². The van der Waals surface area contributed by atoms with Gasteiger partial charge in [0.1, 0.15) is 60.3 Å². The van der Waals surface area contributed by atoms with Crippen LogP contribution in [0.2, 0.25) is 0 Å². The molecule has 0 bridgehead atoms. The molecule has 6 rings (SSSR count). The SMILES string of the molecule is CC12Oc3cc4c(cc3C1COc1cc(OC3OC(COC(=O)CC(=O)O)C(O)C(O)C3O)ccc12)OCO4. The average Bonchev–Trinajstić information content (AvgIpc) is 3.46. The van der Waals surface area contributed by atoms with E-state index in [9.17, 15) is 24.9 Å². The smallest absolute Gasteiger partial charge is 0.317 e. The van der Waals surface area contributed by atoms with E-state index in [0.717, 1.165) is 11.1 Å². The predicted octanol–water partition coefficient (Wildman–Crippen LogP) is 0.403. The van der Waals surface area contributed by atoms with Crippen LogP contribution in [-0.4, -0.2) is 83.1 Å². The number of aliphatic hydroxyl groups is 3. The third kappa shape index (κ3) is 4.36. The molecule has 4 heterocycles. The Morgan fingerprint density at radius 1 is 0.974 bits per heavy atom. The van der Waals surface area contributed by atoms with Crippen molar-refractivity contribution in [3.8, 4) is 28.7 Å². The second-order valence-corrected chi connectivity index (χ2v) is 9.86. The summed E-state index contributed by atoms with van der Waals surface area (Å²) >= 11 is 0. The predicted molar refractivity (Wildman–Crippen MR) is 126 cm³/mol. The van der Waals surface area contributed by atoms with Crippen molar-refractivity contribution >= 4 is 11.9 Å². The zero-order chi connectivity index (χ0) is 27.5. The summed E-state index contributed by atoms with van der Waals surface area (Å²) in [5.41, 5.74) is 0.984. The Morgan fingerprint density at radius 2 is 1.74 bits per heavy atom. The number of carboxylic acids is 1. The third-order valence-corrected chi connectivity index (χ3v) is 7.39. The topological polar surface area (TPSA) is 180 Å². The van der Waals surface area contributed by atoms with E-state index in [2.05, 4.69) is 0 Å². The summed E-state index contributed by atoms with van der Waals surface area (Å²) in [5.74, 6) is 0.158. The van der Waals surface area contributed by atoms with Gasteiger partial charge in [0.15, 0.2) is 11.5 Å². The van der Waals surface area contributed by atoms with Gasteiger partial charge in [0.05, 0.1) is 12.5 Å². The summed E-state index contributed by atoms with van der Waals surface area (Å²) in [6.45, 7) is 1.89. The first-order valence-electron chi connectivity index (χ1n) is 12.3. The number of fused-ring (bicyclic) bond motifs is 6. The standard InChI is InChI=1S/C26H26O13/c1-26-13-3-2-11(37-25-24(32)23(31)22(30)19(38-25)9-34-21(29)7-20(27)28)4-16(13)33-8-14(26)12-5-17-18(36-10-35-17)6-15(12)39-26/h2-6,14,19,22-25,30-32H,7-10H2,1H3,(H,27,28). The quantitative estimate of drug-likeness (QED) is 0.289. The molecule has 7 unspecified atom stereocenters. The van der Waals surface area contributed by atoms with E-state index in [0.29, 0.717) is 29.6 Å². The molecule has 0 amide bonds. The van der Waals surface area contributed by atoms with Gasteiger partial charge in [-0.05, 0) is 25.1 Å². The molecule has 13 heteroatoms. The Morgan fingerprint density at radius 3 is 2.51 bits per heavy atom. The number of rotatable bonds is 6. The zero-order valence-electron chi connectivity index (χ0n) is 20.6. The molecule has 2 aromatic carbocycles. The first kappa shape index (κ1) is 25.5. The molecular formula is C26H26O13. The molecule has 0 aliphatic carbocycles. The molecule has 0 aromatic heterocycles. The maximum atomic E-state index is 11.6. The van der Waals surface area contributed by atoms with Crippen LogP contribution in [0.25, 0.3) is 0 Å². The van der Waals surface area contributed by atoms with Crippen molar-refractivity contribution in [2.24, 2.45) is 0 Å². The highest BCUT2D eigenvalue weighted by Crippen LogP contribution is 2.57. The molecule has 4 aliphatic heterocycles. The number of carboxylic acid groups (broad SMARTS) is 1. The number of carbonyl (C=O) groups excluding carboxylic acids is 1. The largest absolute Gasteiger partial charge is 0.492 e. The number of esters is 1. The normalized spacial score (nSPS) is 31.7. The van der Waals surface area contributed by atoms with E-state index in [1.807, 2.05) is 19.1 Å². The van der Waals surface area contributed by atoms with Crippen LogP contribution < -0.4 is 23.7 Å². The number of hydrogen-bond acceptors (Lipinski definition) is 12. The number of aliphatic hydroxyl groups excluding tert-OH is 3. The number of aliphatic carboxylic acids is 1. The third-order valence-electron chi connectivity index (χ3n) is 7.39. The van der Waals surface area contributed by atoms with Crippen molar-refractivity contribution in [1.82, 2.24) is 0 Å². The minimum absolute atomic E-state index is 0.106. The number of benzene rings is 2. The zero-order valence-corrected chi connectivity index (χ0v) is 20.6. The van der Waals surface area contributed by atoms with Gasteiger partial charge in [-0.2, -0.15) is 0 Å². The van der Waals surface area contributed by atoms with Crippen molar-refractivity contribution in [2.75, 3.05) is 20.0 Å². The Bertz CT molecular complexity index is 1310. The van der Waals surface area contributed by atoms with E-state index >= 15 is 0 Å². The first-order valence-corrected chi connectivity index (χ1v) is 12.3. The molecule has 0 saturated carbocycles. The van der Waals surface area contributed by atoms with Crippen LogP contribution >= 0.6 is 0 Å². The Kier molecular flexibility index (Phi) is 6.18. The molecule has 39 heavy (non-hydrogen) atoms. The van der Waals surface area contributed by atoms with E-state index in [4.69, 9.17) is 38.3 Å². The molecular weight excluding hydrogens is 520 g/mol. The highest BCUT2D eigenvalue weighted by molar-refractivity contribution is 5.90. The summed E-state index contributed by atoms with van der Waals surface area (Å²) in [7, 11) is 0. The minimum atomic E-state index is -1.68. The van der Waals surface area contributed by atoms with Gasteiger partial charge in [0.2, 0.25) is 13.1 Å². The van der Waals surface area contributed by atoms with Crippen molar-refractivity contribution in [1.29, 1.82) is 0 Å². The van der Waals surface area contributed by atoms with Gasteiger partial charge in [-0.15, -0.1) is 0 Å². The Hall–Kier alpha value is -3.78. The van der Waals surface area contributed by atoms with E-state index in [1.54, 1.807) is 18.2 Å². The lowest BCUT2D eigenvalue weighted by atomic mass is 9.79. The van der Waals surface area contributed by atoms with Gasteiger partial charge in [0, 0.05) is 23.3 Å². The van der Waals surface area contributed by atoms with E-state index < -0.39 is 61.3 Å². The average molecular weight is 546 g/mol. The lowest BCUT2D eigenvalue weighted by molar-refractivity contribution is -0.278. The number of ether oxygens (including phenoxy) is 7. The van der Waals surface area contributed by atoms with Crippen LogP contribution in [0, 0.1) is 0 Å². The van der Waals surface area contributed by atoms with Crippen molar-refractivity contribution in [2.45, 2.75) is 55.6 Å². The lowest BCUT2D eigenvalue weighted by Crippen LogP contribution is -2.60. The van der Waals surface area contributed by atoms with Crippen molar-refractivity contribution in [3.05, 3.63) is 41.5 Å². The molecule has 2 aromatic rings. The van der Waals surface area contributed by atoms with Crippen molar-refractivity contribution < 1.29 is 63.2 Å². The molecule has 4 aliphatic rings. The molecule has 0 radical (unpaired) electrons. The molecule has 4 N–H and O–H groups in total. The molecule has 7 atom stereocenters. The van der Waals surface area contributed by atoms with Gasteiger partial charge < -0.3 is 53.6 Å². The maximum absolute atomic E-state index is 11.6. The molecule has 13 nitrogen and oxygen atoms in total. The monoisotopic (exact) mass is 546 g/mol. The summed E-state index contributed by atoms with van der Waals surface area (Å²) in [5, 5.41) is 39.7. The fourth-order valence-corrected chi connectivity index (χ4v) is 5.30. The van der Waals surface area contributed by atoms with Crippen LogP contribution in [0.15, 0.2) is 30.3 Å². The lowest BCUT2D eigenvalue weighted by Gasteiger charge is -2.40. The Balaban J connectivity index is 1.18. The second-order valence-electron chi connectivity index (χ2n) is 9.86. The van der Waals surface area contributed by atoms with Crippen LogP contribution in [-0.2, 0) is 24.7 Å². The van der Waals surface area contributed by atoms with Gasteiger partial charge >= 0.3 is 11.9 Å². The van der Waals surface area contributed by atoms with Gasteiger partial charge in [-0.25, -0.2) is 0 Å². The molecule has 1 saturated heterocycles. The number of carbonyl (C=O) groups is 2.